The number of rotatable bonds is 6. The van der Waals surface area contributed by atoms with Crippen LogP contribution in [0.15, 0.2) is 71.7 Å². The van der Waals surface area contributed by atoms with E-state index in [1.165, 1.54) is 10.6 Å². The molecule has 0 aliphatic carbocycles. The molecule has 0 saturated heterocycles. The number of anilines is 3. The number of aryl methyl sites for hydroxylation is 1. The van der Waals surface area contributed by atoms with Crippen molar-refractivity contribution in [1.29, 1.82) is 0 Å². The zero-order chi connectivity index (χ0) is 28.5. The van der Waals surface area contributed by atoms with E-state index in [0.717, 1.165) is 23.3 Å². The zero-order valence-corrected chi connectivity index (χ0v) is 22.2. The van der Waals surface area contributed by atoms with E-state index < -0.39 is 22.0 Å². The van der Waals surface area contributed by atoms with Crippen molar-refractivity contribution in [3.05, 3.63) is 110 Å². The van der Waals surface area contributed by atoms with Crippen molar-refractivity contribution in [3.8, 4) is 11.3 Å². The topological polar surface area (TPSA) is 119 Å². The Bertz CT molecular complexity index is 1640. The molecule has 39 heavy (non-hydrogen) atoms. The molecule has 2 N–H and O–H groups in total. The van der Waals surface area contributed by atoms with Crippen LogP contribution in [0, 0.1) is 22.9 Å². The number of carbonyl (C=O) groups is 1. The number of benzene rings is 3. The van der Waals surface area contributed by atoms with Gasteiger partial charge in [0.25, 0.3) is 11.5 Å². The van der Waals surface area contributed by atoms with Crippen molar-refractivity contribution in [2.24, 2.45) is 7.05 Å². The fourth-order valence-electron chi connectivity index (χ4n) is 4.05. The highest BCUT2D eigenvalue weighted by Crippen LogP contribution is 2.29. The maximum Gasteiger partial charge on any atom is 0.306 e. The van der Waals surface area contributed by atoms with Gasteiger partial charge in [0, 0.05) is 41.8 Å². The highest BCUT2D eigenvalue weighted by atomic mass is 19.1. The van der Waals surface area contributed by atoms with Gasteiger partial charge >= 0.3 is 5.69 Å². The summed E-state index contributed by atoms with van der Waals surface area (Å²) in [7, 11) is 1.55. The summed E-state index contributed by atoms with van der Waals surface area (Å²) in [5.74, 6) is -1.34. The minimum atomic E-state index is -0.986. The normalized spacial score (nSPS) is 11.2. The van der Waals surface area contributed by atoms with Gasteiger partial charge in [-0.3, -0.25) is 19.7 Å². The molecule has 4 aromatic rings. The second-order valence-corrected chi connectivity index (χ2v) is 10.2. The molecule has 200 valence electrons. The van der Waals surface area contributed by atoms with Crippen molar-refractivity contribution < 1.29 is 14.1 Å². The first-order valence-corrected chi connectivity index (χ1v) is 12.2. The number of nitrogens with zero attached hydrogens (tertiary/aromatic N) is 3. The van der Waals surface area contributed by atoms with E-state index in [-0.39, 0.29) is 22.8 Å². The molecule has 0 fully saturated rings. The molecule has 0 aliphatic rings. The Morgan fingerprint density at radius 1 is 1.08 bits per heavy atom. The van der Waals surface area contributed by atoms with Gasteiger partial charge in [0.15, 0.2) is 5.82 Å². The predicted octanol–water partition coefficient (Wildman–Crippen LogP) is 6.10. The number of nitrogens with one attached hydrogen (secondary N) is 2. The van der Waals surface area contributed by atoms with Gasteiger partial charge in [0.05, 0.1) is 10.6 Å². The van der Waals surface area contributed by atoms with Crippen LogP contribution in [0.2, 0.25) is 0 Å². The third kappa shape index (κ3) is 5.85. The highest BCUT2D eigenvalue weighted by Gasteiger charge is 2.18. The lowest BCUT2D eigenvalue weighted by molar-refractivity contribution is -0.387. The lowest BCUT2D eigenvalue weighted by Gasteiger charge is -2.19. The van der Waals surface area contributed by atoms with E-state index in [1.54, 1.807) is 37.5 Å². The summed E-state index contributed by atoms with van der Waals surface area (Å²) >= 11 is 0. The molecular formula is C29H28FN5O4. The number of aromatic nitrogens is 2. The summed E-state index contributed by atoms with van der Waals surface area (Å²) < 4.78 is 15.1. The Hall–Kier alpha value is -4.86. The van der Waals surface area contributed by atoms with Gasteiger partial charge in [0.2, 0.25) is 5.82 Å². The first kappa shape index (κ1) is 27.2. The van der Waals surface area contributed by atoms with Gasteiger partial charge in [-0.1, -0.05) is 45.0 Å². The molecule has 10 heteroatoms. The van der Waals surface area contributed by atoms with E-state index in [4.69, 9.17) is 0 Å². The van der Waals surface area contributed by atoms with Gasteiger partial charge in [-0.2, -0.15) is 4.39 Å². The maximum absolute atomic E-state index is 13.8. The van der Waals surface area contributed by atoms with E-state index in [0.29, 0.717) is 22.5 Å². The number of halogens is 1. The maximum atomic E-state index is 13.8. The van der Waals surface area contributed by atoms with Crippen molar-refractivity contribution >= 4 is 28.8 Å². The Labute approximate surface area is 224 Å². The van der Waals surface area contributed by atoms with Gasteiger partial charge in [-0.05, 0) is 53.8 Å². The summed E-state index contributed by atoms with van der Waals surface area (Å²) in [6.07, 6.45) is 1.56. The van der Waals surface area contributed by atoms with Gasteiger partial charge in [-0.15, -0.1) is 0 Å². The summed E-state index contributed by atoms with van der Waals surface area (Å²) in [6.45, 7) is 8.15. The summed E-state index contributed by atoms with van der Waals surface area (Å²) in [5, 5.41) is 16.8. The molecule has 1 heterocycles. The smallest absolute Gasteiger partial charge is 0.306 e. The van der Waals surface area contributed by atoms with Crippen molar-refractivity contribution in [2.45, 2.75) is 33.1 Å². The minimum absolute atomic E-state index is 0.0260. The van der Waals surface area contributed by atoms with Crippen molar-refractivity contribution in [2.75, 3.05) is 10.6 Å². The average Bonchev–Trinajstić information content (AvgIpc) is 2.88. The number of amides is 1. The van der Waals surface area contributed by atoms with Crippen LogP contribution in [0.4, 0.5) is 27.3 Å². The van der Waals surface area contributed by atoms with Crippen LogP contribution >= 0.6 is 0 Å². The molecule has 0 bridgehead atoms. The van der Waals surface area contributed by atoms with Crippen LogP contribution in [0.1, 0.15) is 42.3 Å². The first-order valence-electron chi connectivity index (χ1n) is 12.2. The van der Waals surface area contributed by atoms with Gasteiger partial charge in [0.1, 0.15) is 0 Å². The summed E-state index contributed by atoms with van der Waals surface area (Å²) in [4.78, 5) is 40.4. The third-order valence-electron chi connectivity index (χ3n) is 6.35. The summed E-state index contributed by atoms with van der Waals surface area (Å²) in [5.41, 5.74) is 2.96. The summed E-state index contributed by atoms with van der Waals surface area (Å²) in [6, 6.07) is 16.0. The second-order valence-electron chi connectivity index (χ2n) is 10.2. The SMILES string of the molecule is Cc1c(NC(=O)c2ccc(C(C)(C)C)cc2)cccc1-c1cn(C)c(=O)c(Nc2ccc(F)c([N+](=O)[O-])c2)n1. The Morgan fingerprint density at radius 2 is 1.77 bits per heavy atom. The Balaban J connectivity index is 1.64. The number of hydrogen-bond donors (Lipinski definition) is 2. The molecule has 0 spiro atoms. The fraction of sp³-hybridized carbons (Fsp3) is 0.207. The number of carbonyl (C=O) groups excluding carboxylic acids is 1. The van der Waals surface area contributed by atoms with Crippen LogP contribution in [-0.4, -0.2) is 20.4 Å². The van der Waals surface area contributed by atoms with Crippen LogP contribution in [-0.2, 0) is 12.5 Å². The molecule has 4 rings (SSSR count). The van der Waals surface area contributed by atoms with E-state index in [1.807, 2.05) is 25.1 Å². The molecule has 1 aromatic heterocycles. The van der Waals surface area contributed by atoms with Crippen molar-refractivity contribution in [1.82, 2.24) is 9.55 Å². The molecule has 0 unspecified atom stereocenters. The largest absolute Gasteiger partial charge is 0.335 e. The highest BCUT2D eigenvalue weighted by molar-refractivity contribution is 6.05. The monoisotopic (exact) mass is 529 g/mol. The fourth-order valence-corrected chi connectivity index (χ4v) is 4.05. The Morgan fingerprint density at radius 3 is 2.41 bits per heavy atom. The molecule has 0 saturated carbocycles. The molecule has 0 atom stereocenters. The first-order chi connectivity index (χ1) is 18.3. The van der Waals surface area contributed by atoms with Crippen LogP contribution < -0.4 is 16.2 Å². The molecular weight excluding hydrogens is 501 g/mol. The van der Waals surface area contributed by atoms with E-state index in [2.05, 4.69) is 36.4 Å². The molecule has 0 radical (unpaired) electrons. The molecule has 1 amide bonds. The molecule has 9 nitrogen and oxygen atoms in total. The number of hydrogen-bond acceptors (Lipinski definition) is 6. The third-order valence-corrected chi connectivity index (χ3v) is 6.35. The van der Waals surface area contributed by atoms with Gasteiger partial charge < -0.3 is 15.2 Å². The number of nitro groups is 1. The average molecular weight is 530 g/mol. The quantitative estimate of drug-likeness (QED) is 0.230. The van der Waals surface area contributed by atoms with Gasteiger partial charge in [-0.25, -0.2) is 4.98 Å². The standard InChI is InChI=1S/C29H28FN5O4/c1-17-21(7-6-8-23(17)33-27(36)18-9-11-19(12-10-18)29(2,3)4)24-16-34(5)28(37)26(32-24)31-20-13-14-22(30)25(15-20)35(38)39/h6-16H,1-5H3,(H,31,32)(H,33,36). The van der Waals surface area contributed by atoms with E-state index in [9.17, 15) is 24.1 Å². The molecule has 0 aliphatic heterocycles. The lowest BCUT2D eigenvalue weighted by Crippen LogP contribution is -2.21. The number of nitro benzene ring substituents is 1. The van der Waals surface area contributed by atoms with Crippen LogP contribution in [0.25, 0.3) is 11.3 Å². The second kappa shape index (κ2) is 10.5. The molecule has 3 aromatic carbocycles. The van der Waals surface area contributed by atoms with Crippen LogP contribution in [0.5, 0.6) is 0 Å². The minimum Gasteiger partial charge on any atom is -0.335 e. The Kier molecular flexibility index (Phi) is 7.31. The predicted molar refractivity (Wildman–Crippen MR) is 149 cm³/mol. The van der Waals surface area contributed by atoms with E-state index >= 15 is 0 Å². The van der Waals surface area contributed by atoms with Crippen molar-refractivity contribution in [3.63, 3.8) is 0 Å². The zero-order valence-electron chi connectivity index (χ0n) is 22.2. The van der Waals surface area contributed by atoms with Crippen LogP contribution in [0.3, 0.4) is 0 Å². The lowest BCUT2D eigenvalue weighted by atomic mass is 9.86.